The number of amides is 1. The van der Waals surface area contributed by atoms with Crippen molar-refractivity contribution in [1.29, 1.82) is 0 Å². The number of morpholine rings is 1. The summed E-state index contributed by atoms with van der Waals surface area (Å²) in [5.74, 6) is -0.871. The van der Waals surface area contributed by atoms with Crippen LogP contribution in [0.5, 0.6) is 0 Å². The summed E-state index contributed by atoms with van der Waals surface area (Å²) in [6.07, 6.45) is 3.20. The van der Waals surface area contributed by atoms with Gasteiger partial charge >= 0.3 is 5.97 Å². The van der Waals surface area contributed by atoms with Crippen LogP contribution in [0.25, 0.3) is 0 Å². The van der Waals surface area contributed by atoms with Crippen LogP contribution in [0.3, 0.4) is 0 Å². The molecule has 0 aliphatic carbocycles. The number of hydrogen-bond donors (Lipinski definition) is 1. The number of halogens is 1. The number of rotatable bonds is 4. The highest BCUT2D eigenvalue weighted by molar-refractivity contribution is 6.34. The van der Waals surface area contributed by atoms with E-state index in [1.54, 1.807) is 12.3 Å². The zero-order valence-corrected chi connectivity index (χ0v) is 15.0. The molecule has 3 rings (SSSR count). The Balaban J connectivity index is 1.79. The van der Waals surface area contributed by atoms with E-state index < -0.39 is 5.97 Å². The lowest BCUT2D eigenvalue weighted by atomic mass is 10.2. The van der Waals surface area contributed by atoms with Crippen molar-refractivity contribution in [2.75, 3.05) is 43.6 Å². The molecule has 1 aliphatic heterocycles. The quantitative estimate of drug-likeness (QED) is 0.827. The third-order valence-electron chi connectivity index (χ3n) is 4.00. The number of hydrogen-bond acceptors (Lipinski definition) is 6. The van der Waals surface area contributed by atoms with Gasteiger partial charge in [0, 0.05) is 19.3 Å². The minimum Gasteiger partial charge on any atom is -0.465 e. The Kier molecular flexibility index (Phi) is 5.70. The summed E-state index contributed by atoms with van der Waals surface area (Å²) in [6, 6.07) is 6.31. The minimum atomic E-state index is -0.506. The van der Waals surface area contributed by atoms with Crippen molar-refractivity contribution in [2.24, 2.45) is 0 Å². The van der Waals surface area contributed by atoms with Crippen molar-refractivity contribution < 1.29 is 19.1 Å². The van der Waals surface area contributed by atoms with E-state index in [1.807, 2.05) is 0 Å². The molecule has 1 aromatic heterocycles. The first-order valence-electron chi connectivity index (χ1n) is 8.05. The van der Waals surface area contributed by atoms with Crippen molar-refractivity contribution in [3.63, 3.8) is 0 Å². The van der Waals surface area contributed by atoms with Gasteiger partial charge in [0.05, 0.1) is 54.0 Å². The smallest absolute Gasteiger partial charge is 0.337 e. The number of ether oxygens (including phenoxy) is 2. The minimum absolute atomic E-state index is 0.299. The molecule has 8 heteroatoms. The van der Waals surface area contributed by atoms with E-state index in [2.05, 4.69) is 19.9 Å². The zero-order chi connectivity index (χ0) is 18.5. The van der Waals surface area contributed by atoms with Crippen molar-refractivity contribution in [1.82, 2.24) is 4.98 Å². The van der Waals surface area contributed by atoms with E-state index in [-0.39, 0.29) is 5.91 Å². The predicted molar refractivity (Wildman–Crippen MR) is 98.0 cm³/mol. The molecule has 0 bridgehead atoms. The fourth-order valence-electron chi connectivity index (χ4n) is 2.61. The lowest BCUT2D eigenvalue weighted by molar-refractivity contribution is 0.0600. The Hall–Kier alpha value is -2.64. The highest BCUT2D eigenvalue weighted by Gasteiger charge is 2.16. The molecule has 1 N–H and O–H groups in total. The second-order valence-corrected chi connectivity index (χ2v) is 6.08. The van der Waals surface area contributed by atoms with Gasteiger partial charge in [0.15, 0.2) is 0 Å². The van der Waals surface area contributed by atoms with Gasteiger partial charge in [0.1, 0.15) is 0 Å². The maximum Gasteiger partial charge on any atom is 0.337 e. The second kappa shape index (κ2) is 8.16. The van der Waals surface area contributed by atoms with Gasteiger partial charge in [-0.3, -0.25) is 9.78 Å². The lowest BCUT2D eigenvalue weighted by Crippen LogP contribution is -2.36. The van der Waals surface area contributed by atoms with Gasteiger partial charge in [-0.2, -0.15) is 0 Å². The molecule has 0 spiro atoms. The van der Waals surface area contributed by atoms with Gasteiger partial charge < -0.3 is 19.7 Å². The number of aromatic nitrogens is 1. The van der Waals surface area contributed by atoms with Gasteiger partial charge in [0.25, 0.3) is 5.91 Å². The number of benzene rings is 1. The van der Waals surface area contributed by atoms with Gasteiger partial charge in [-0.15, -0.1) is 0 Å². The number of nitrogens with one attached hydrogen (secondary N) is 1. The van der Waals surface area contributed by atoms with Crippen LogP contribution in [-0.2, 0) is 9.47 Å². The van der Waals surface area contributed by atoms with Gasteiger partial charge in [-0.05, 0) is 24.3 Å². The summed E-state index contributed by atoms with van der Waals surface area (Å²) in [5.41, 5.74) is 1.88. The molecular weight excluding hydrogens is 358 g/mol. The molecule has 136 valence electrons. The van der Waals surface area contributed by atoms with Crippen LogP contribution in [0.2, 0.25) is 5.02 Å². The zero-order valence-electron chi connectivity index (χ0n) is 14.2. The highest BCUT2D eigenvalue weighted by atomic mass is 35.5. The Morgan fingerprint density at radius 3 is 2.69 bits per heavy atom. The molecule has 1 aliphatic rings. The molecule has 0 radical (unpaired) electrons. The molecule has 0 atom stereocenters. The normalized spacial score (nSPS) is 14.0. The van der Waals surface area contributed by atoms with Crippen molar-refractivity contribution in [3.05, 3.63) is 52.8 Å². The number of anilines is 2. The summed E-state index contributed by atoms with van der Waals surface area (Å²) in [4.78, 5) is 30.5. The van der Waals surface area contributed by atoms with Crippen LogP contribution >= 0.6 is 11.6 Å². The molecule has 2 heterocycles. The predicted octanol–water partition coefficient (Wildman–Crippen LogP) is 2.61. The maximum atomic E-state index is 12.6. The first kappa shape index (κ1) is 18.2. The molecule has 26 heavy (non-hydrogen) atoms. The van der Waals surface area contributed by atoms with Crippen molar-refractivity contribution in [2.45, 2.75) is 0 Å². The SMILES string of the molecule is COC(=O)c1ccc(Cl)c(NC(=O)c2cncc(N3CCOCC3)c2)c1. The van der Waals surface area contributed by atoms with Gasteiger partial charge in [-0.1, -0.05) is 11.6 Å². The lowest BCUT2D eigenvalue weighted by Gasteiger charge is -2.28. The van der Waals surface area contributed by atoms with Crippen LogP contribution in [0.4, 0.5) is 11.4 Å². The third kappa shape index (κ3) is 4.12. The number of methoxy groups -OCH3 is 1. The Bertz CT molecular complexity index is 822. The summed E-state index contributed by atoms with van der Waals surface area (Å²) < 4.78 is 10.0. The Morgan fingerprint density at radius 2 is 1.96 bits per heavy atom. The van der Waals surface area contributed by atoms with E-state index in [0.29, 0.717) is 35.1 Å². The molecule has 0 unspecified atom stereocenters. The molecule has 2 aromatic rings. The third-order valence-corrected chi connectivity index (χ3v) is 4.33. The van der Waals surface area contributed by atoms with Crippen LogP contribution < -0.4 is 10.2 Å². The molecule has 0 saturated carbocycles. The number of carbonyl (C=O) groups excluding carboxylic acids is 2. The van der Waals surface area contributed by atoms with E-state index in [9.17, 15) is 9.59 Å². The molecular formula is C18H18ClN3O4. The second-order valence-electron chi connectivity index (χ2n) is 5.67. The molecule has 1 fully saturated rings. The van der Waals surface area contributed by atoms with Crippen LogP contribution in [0.15, 0.2) is 36.7 Å². The maximum absolute atomic E-state index is 12.6. The highest BCUT2D eigenvalue weighted by Crippen LogP contribution is 2.24. The first-order chi connectivity index (χ1) is 12.6. The van der Waals surface area contributed by atoms with Gasteiger partial charge in [-0.25, -0.2) is 4.79 Å². The van der Waals surface area contributed by atoms with E-state index in [0.717, 1.165) is 18.8 Å². The topological polar surface area (TPSA) is 80.8 Å². The van der Waals surface area contributed by atoms with Crippen molar-refractivity contribution >= 4 is 34.9 Å². The largest absolute Gasteiger partial charge is 0.465 e. The van der Waals surface area contributed by atoms with Crippen LogP contribution in [0, 0.1) is 0 Å². The summed E-state index contributed by atoms with van der Waals surface area (Å²) in [5, 5.41) is 3.04. The molecule has 1 saturated heterocycles. The fourth-order valence-corrected chi connectivity index (χ4v) is 2.77. The fraction of sp³-hybridized carbons (Fsp3) is 0.278. The summed E-state index contributed by atoms with van der Waals surface area (Å²) >= 11 is 6.12. The van der Waals surface area contributed by atoms with Crippen LogP contribution in [0.1, 0.15) is 20.7 Å². The molecule has 1 aromatic carbocycles. The van der Waals surface area contributed by atoms with E-state index in [1.165, 1.54) is 31.5 Å². The number of pyridine rings is 1. The number of nitrogens with zero attached hydrogens (tertiary/aromatic N) is 2. The van der Waals surface area contributed by atoms with E-state index in [4.69, 9.17) is 16.3 Å². The average Bonchev–Trinajstić information content (AvgIpc) is 2.69. The summed E-state index contributed by atoms with van der Waals surface area (Å²) in [7, 11) is 1.29. The number of carbonyl (C=O) groups is 2. The number of esters is 1. The van der Waals surface area contributed by atoms with E-state index >= 15 is 0 Å². The summed E-state index contributed by atoms with van der Waals surface area (Å²) in [6.45, 7) is 2.79. The van der Waals surface area contributed by atoms with Crippen molar-refractivity contribution in [3.8, 4) is 0 Å². The Morgan fingerprint density at radius 1 is 1.19 bits per heavy atom. The standard InChI is InChI=1S/C18H18ClN3O4/c1-25-18(24)12-2-3-15(19)16(9-12)21-17(23)13-8-14(11-20-10-13)22-4-6-26-7-5-22/h2-3,8-11H,4-7H2,1H3,(H,21,23). The first-order valence-corrected chi connectivity index (χ1v) is 8.43. The van der Waals surface area contributed by atoms with Crippen LogP contribution in [-0.4, -0.2) is 50.3 Å². The molecule has 7 nitrogen and oxygen atoms in total. The monoisotopic (exact) mass is 375 g/mol. The Labute approximate surface area is 155 Å². The van der Waals surface area contributed by atoms with Gasteiger partial charge in [0.2, 0.25) is 0 Å². The average molecular weight is 376 g/mol. The molecule has 1 amide bonds.